The number of fused-ring (bicyclic) bond motifs is 1. The van der Waals surface area contributed by atoms with Crippen LogP contribution >= 0.6 is 0 Å². The molecule has 0 aromatic heterocycles. The van der Waals surface area contributed by atoms with Gasteiger partial charge in [0.2, 0.25) is 0 Å². The zero-order valence-electron chi connectivity index (χ0n) is 11.0. The maximum Gasteiger partial charge on any atom is 0.317 e. The Hall–Kier alpha value is -1.69. The van der Waals surface area contributed by atoms with Gasteiger partial charge in [0.05, 0.1) is 0 Å². The van der Waals surface area contributed by atoms with Gasteiger partial charge in [0.1, 0.15) is 11.6 Å². The van der Waals surface area contributed by atoms with Crippen molar-refractivity contribution in [3.63, 3.8) is 0 Å². The quantitative estimate of drug-likeness (QED) is 0.865. The van der Waals surface area contributed by atoms with Crippen LogP contribution in [-0.2, 0) is 6.54 Å². The summed E-state index contributed by atoms with van der Waals surface area (Å²) in [6, 6.07) is 3.08. The number of nitrogens with two attached hydrogens (primary N) is 1. The van der Waals surface area contributed by atoms with Crippen molar-refractivity contribution in [2.45, 2.75) is 24.9 Å². The Morgan fingerprint density at radius 2 is 2.30 bits per heavy atom. The predicted octanol–water partition coefficient (Wildman–Crippen LogP) is 1.60. The standard InChI is InChI=1S/C14H17F2N3O/c15-11-2-1-9(12(16)5-11)6-18-13(20)19-7-10-3-4-14(10,17)8-19/h1-2,5,10H,3-4,6-8,17H2,(H,18,20)/t10-,14-/m0/s1. The van der Waals surface area contributed by atoms with Crippen LogP contribution in [0.3, 0.4) is 0 Å². The molecule has 1 heterocycles. The predicted molar refractivity (Wildman–Crippen MR) is 69.8 cm³/mol. The molecule has 20 heavy (non-hydrogen) atoms. The first-order chi connectivity index (χ1) is 9.48. The normalized spacial score (nSPS) is 27.9. The summed E-state index contributed by atoms with van der Waals surface area (Å²) in [4.78, 5) is 13.7. The van der Waals surface area contributed by atoms with Crippen LogP contribution in [0.2, 0.25) is 0 Å². The minimum absolute atomic E-state index is 0.0453. The molecule has 6 heteroatoms. The number of likely N-dealkylation sites (tertiary alicyclic amines) is 1. The van der Waals surface area contributed by atoms with Gasteiger partial charge in [-0.2, -0.15) is 0 Å². The summed E-state index contributed by atoms with van der Waals surface area (Å²) in [5, 5.41) is 2.66. The van der Waals surface area contributed by atoms with Crippen molar-refractivity contribution >= 4 is 6.03 Å². The fourth-order valence-corrected chi connectivity index (χ4v) is 2.99. The molecule has 3 rings (SSSR count). The molecule has 1 aliphatic carbocycles. The molecule has 108 valence electrons. The Morgan fingerprint density at radius 1 is 1.50 bits per heavy atom. The number of hydrogen-bond donors (Lipinski definition) is 2. The van der Waals surface area contributed by atoms with Crippen molar-refractivity contribution in [2.24, 2.45) is 11.7 Å². The molecule has 4 nitrogen and oxygen atoms in total. The van der Waals surface area contributed by atoms with E-state index >= 15 is 0 Å². The van der Waals surface area contributed by atoms with E-state index in [-0.39, 0.29) is 23.7 Å². The summed E-state index contributed by atoms with van der Waals surface area (Å²) in [5.41, 5.74) is 6.21. The lowest BCUT2D eigenvalue weighted by Crippen LogP contribution is -2.55. The third-order valence-corrected chi connectivity index (χ3v) is 4.43. The maximum atomic E-state index is 13.4. The van der Waals surface area contributed by atoms with Gasteiger partial charge in [-0.1, -0.05) is 6.07 Å². The van der Waals surface area contributed by atoms with Gasteiger partial charge >= 0.3 is 6.03 Å². The van der Waals surface area contributed by atoms with Crippen LogP contribution < -0.4 is 11.1 Å². The van der Waals surface area contributed by atoms with Crippen LogP contribution in [0.15, 0.2) is 18.2 Å². The van der Waals surface area contributed by atoms with Crippen LogP contribution in [0.1, 0.15) is 18.4 Å². The molecule has 1 aliphatic heterocycles. The number of nitrogens with one attached hydrogen (secondary N) is 1. The van der Waals surface area contributed by atoms with E-state index in [1.54, 1.807) is 4.90 Å². The third kappa shape index (κ3) is 2.24. The summed E-state index contributed by atoms with van der Waals surface area (Å²) < 4.78 is 26.2. The van der Waals surface area contributed by atoms with E-state index in [0.29, 0.717) is 19.0 Å². The highest BCUT2D eigenvalue weighted by atomic mass is 19.1. The molecular formula is C14H17F2N3O. The summed E-state index contributed by atoms with van der Waals surface area (Å²) in [7, 11) is 0. The van der Waals surface area contributed by atoms with E-state index in [0.717, 1.165) is 18.9 Å². The molecule has 2 aliphatic rings. The Labute approximate surface area is 115 Å². The topological polar surface area (TPSA) is 58.4 Å². The molecule has 3 N–H and O–H groups in total. The van der Waals surface area contributed by atoms with E-state index < -0.39 is 11.6 Å². The van der Waals surface area contributed by atoms with Gasteiger partial charge in [-0.15, -0.1) is 0 Å². The number of carbonyl (C=O) groups excluding carboxylic acids is 1. The van der Waals surface area contributed by atoms with Crippen molar-refractivity contribution in [3.8, 4) is 0 Å². The number of nitrogens with zero attached hydrogens (tertiary/aromatic N) is 1. The van der Waals surface area contributed by atoms with Gasteiger partial charge in [-0.05, 0) is 24.8 Å². The molecule has 2 fully saturated rings. The SMILES string of the molecule is N[C@]12CC[C@H]1CN(C(=O)NCc1ccc(F)cc1F)C2. The molecule has 0 unspecified atom stereocenters. The lowest BCUT2D eigenvalue weighted by atomic mass is 9.70. The minimum Gasteiger partial charge on any atom is -0.334 e. The minimum atomic E-state index is -0.651. The molecule has 1 saturated heterocycles. The fourth-order valence-electron chi connectivity index (χ4n) is 2.99. The van der Waals surface area contributed by atoms with Crippen LogP contribution in [0.5, 0.6) is 0 Å². The first kappa shape index (κ1) is 13.3. The van der Waals surface area contributed by atoms with Gasteiger partial charge in [0.15, 0.2) is 0 Å². The molecule has 2 amide bonds. The van der Waals surface area contributed by atoms with E-state index in [4.69, 9.17) is 5.73 Å². The molecule has 1 saturated carbocycles. The number of urea groups is 1. The van der Waals surface area contributed by atoms with Gasteiger partial charge in [0.25, 0.3) is 0 Å². The van der Waals surface area contributed by atoms with E-state index in [1.807, 2.05) is 0 Å². The first-order valence-electron chi connectivity index (χ1n) is 6.73. The van der Waals surface area contributed by atoms with Crippen LogP contribution in [-0.4, -0.2) is 29.6 Å². The first-order valence-corrected chi connectivity index (χ1v) is 6.73. The second-order valence-corrected chi connectivity index (χ2v) is 5.74. The van der Waals surface area contributed by atoms with Crippen molar-refractivity contribution in [2.75, 3.05) is 13.1 Å². The van der Waals surface area contributed by atoms with E-state index in [9.17, 15) is 13.6 Å². The number of amides is 2. The number of benzene rings is 1. The number of hydrogen-bond acceptors (Lipinski definition) is 2. The van der Waals surface area contributed by atoms with Crippen LogP contribution in [0.4, 0.5) is 13.6 Å². The monoisotopic (exact) mass is 281 g/mol. The highest BCUT2D eigenvalue weighted by Gasteiger charge is 2.51. The van der Waals surface area contributed by atoms with Gasteiger partial charge in [0, 0.05) is 36.8 Å². The average Bonchev–Trinajstić information content (AvgIpc) is 2.62. The number of rotatable bonds is 2. The zero-order chi connectivity index (χ0) is 14.3. The lowest BCUT2D eigenvalue weighted by Gasteiger charge is -2.39. The van der Waals surface area contributed by atoms with Crippen molar-refractivity contribution < 1.29 is 13.6 Å². The molecule has 2 atom stereocenters. The van der Waals surface area contributed by atoms with Crippen molar-refractivity contribution in [3.05, 3.63) is 35.4 Å². The highest BCUT2D eigenvalue weighted by molar-refractivity contribution is 5.75. The summed E-state index contributed by atoms with van der Waals surface area (Å²) in [6.45, 7) is 1.26. The maximum absolute atomic E-state index is 13.4. The fraction of sp³-hybridized carbons (Fsp3) is 0.500. The lowest BCUT2D eigenvalue weighted by molar-refractivity contribution is 0.187. The third-order valence-electron chi connectivity index (χ3n) is 4.43. The number of carbonyl (C=O) groups is 1. The Kier molecular flexibility index (Phi) is 3.12. The van der Waals surface area contributed by atoms with Crippen LogP contribution in [0.25, 0.3) is 0 Å². The Morgan fingerprint density at radius 3 is 2.85 bits per heavy atom. The zero-order valence-corrected chi connectivity index (χ0v) is 11.0. The van der Waals surface area contributed by atoms with Crippen molar-refractivity contribution in [1.29, 1.82) is 0 Å². The smallest absolute Gasteiger partial charge is 0.317 e. The van der Waals surface area contributed by atoms with Gasteiger partial charge in [-0.25, -0.2) is 13.6 Å². The largest absolute Gasteiger partial charge is 0.334 e. The van der Waals surface area contributed by atoms with E-state index in [1.165, 1.54) is 12.1 Å². The second-order valence-electron chi connectivity index (χ2n) is 5.74. The van der Waals surface area contributed by atoms with Gasteiger partial charge in [-0.3, -0.25) is 0 Å². The molecule has 1 aromatic rings. The van der Waals surface area contributed by atoms with E-state index in [2.05, 4.69) is 5.32 Å². The molecule has 0 bridgehead atoms. The summed E-state index contributed by atoms with van der Waals surface area (Å²) in [5.74, 6) is -0.892. The highest BCUT2D eigenvalue weighted by Crippen LogP contribution is 2.42. The Bertz CT molecular complexity index is 551. The Balaban J connectivity index is 1.57. The molecule has 1 aromatic carbocycles. The van der Waals surface area contributed by atoms with Crippen LogP contribution in [0, 0.1) is 17.6 Å². The molecular weight excluding hydrogens is 264 g/mol. The van der Waals surface area contributed by atoms with Gasteiger partial charge < -0.3 is 16.0 Å². The average molecular weight is 281 g/mol. The summed E-state index contributed by atoms with van der Waals surface area (Å²) >= 11 is 0. The molecule has 0 radical (unpaired) electrons. The number of halogens is 2. The molecule has 0 spiro atoms. The second kappa shape index (κ2) is 4.70. The summed E-state index contributed by atoms with van der Waals surface area (Å²) in [6.07, 6.45) is 2.01. The van der Waals surface area contributed by atoms with Crippen molar-refractivity contribution in [1.82, 2.24) is 10.2 Å².